The van der Waals surface area contributed by atoms with Gasteiger partial charge >= 0.3 is 0 Å². The van der Waals surface area contributed by atoms with Crippen molar-refractivity contribution in [3.8, 4) is 6.07 Å². The second kappa shape index (κ2) is 6.26. The van der Waals surface area contributed by atoms with Crippen LogP contribution in [0.5, 0.6) is 0 Å². The van der Waals surface area contributed by atoms with E-state index in [0.717, 1.165) is 10.6 Å². The molecule has 2 nitrogen and oxygen atoms in total. The second-order valence-corrected chi connectivity index (χ2v) is 5.13. The first-order chi connectivity index (χ1) is 9.26. The Morgan fingerprint density at radius 2 is 1.89 bits per heavy atom. The first-order valence-electron chi connectivity index (χ1n) is 5.93. The first-order valence-corrected chi connectivity index (χ1v) is 6.92. The zero-order chi connectivity index (χ0) is 13.7. The highest BCUT2D eigenvalue weighted by atomic mass is 32.2. The minimum absolute atomic E-state index is 0.333. The molecule has 0 fully saturated rings. The molecule has 2 aromatic carbocycles. The first kappa shape index (κ1) is 13.4. The minimum Gasteiger partial charge on any atom is -0.352 e. The van der Waals surface area contributed by atoms with Crippen LogP contribution in [0.1, 0.15) is 12.5 Å². The summed E-state index contributed by atoms with van der Waals surface area (Å²) in [6.07, 6.45) is 0. The van der Waals surface area contributed by atoms with Crippen molar-refractivity contribution in [2.24, 2.45) is 0 Å². The molecule has 0 unspecified atom stereocenters. The molecule has 0 spiro atoms. The molecule has 0 aliphatic heterocycles. The third-order valence-electron chi connectivity index (χ3n) is 2.58. The molecule has 0 saturated carbocycles. The summed E-state index contributed by atoms with van der Waals surface area (Å²) in [4.78, 5) is 0.909. The van der Waals surface area contributed by atoms with Gasteiger partial charge in [0.25, 0.3) is 0 Å². The van der Waals surface area contributed by atoms with Crippen molar-refractivity contribution in [2.45, 2.75) is 11.8 Å². The van der Waals surface area contributed by atoms with Crippen LogP contribution in [0.15, 0.2) is 47.4 Å². The van der Waals surface area contributed by atoms with Crippen LogP contribution in [0.25, 0.3) is 0 Å². The zero-order valence-electron chi connectivity index (χ0n) is 10.5. The van der Waals surface area contributed by atoms with Gasteiger partial charge in [-0.3, -0.25) is 0 Å². The summed E-state index contributed by atoms with van der Waals surface area (Å²) in [5.74, 6) is 0.553. The number of rotatable bonds is 4. The Kier molecular flexibility index (Phi) is 4.43. The van der Waals surface area contributed by atoms with Gasteiger partial charge in [-0.1, -0.05) is 25.1 Å². The molecule has 0 amide bonds. The number of nitrogens with one attached hydrogen (secondary N) is 1. The van der Waals surface area contributed by atoms with E-state index in [9.17, 15) is 9.65 Å². The van der Waals surface area contributed by atoms with Gasteiger partial charge in [0.05, 0.1) is 16.9 Å². The molecule has 0 aliphatic carbocycles. The fraction of sp³-hybridized carbons (Fsp3) is 0.133. The van der Waals surface area contributed by atoms with E-state index in [-0.39, 0.29) is 5.82 Å². The van der Waals surface area contributed by atoms with Gasteiger partial charge in [0.1, 0.15) is 11.9 Å². The Balaban J connectivity index is 2.38. The average molecular weight is 272 g/mol. The Hall–Kier alpha value is -1.99. The van der Waals surface area contributed by atoms with Gasteiger partial charge < -0.3 is 5.32 Å². The van der Waals surface area contributed by atoms with Gasteiger partial charge in [0.15, 0.2) is 0 Å². The van der Waals surface area contributed by atoms with Crippen molar-refractivity contribution in [3.63, 3.8) is 0 Å². The van der Waals surface area contributed by atoms with Crippen LogP contribution in [0.3, 0.4) is 0 Å². The van der Waals surface area contributed by atoms with Crippen LogP contribution in [-0.4, -0.2) is 5.75 Å². The summed E-state index contributed by atoms with van der Waals surface area (Å²) in [7, 11) is 0. The van der Waals surface area contributed by atoms with E-state index in [1.165, 1.54) is 6.07 Å². The molecule has 2 aromatic rings. The smallest absolute Gasteiger partial charge is 0.146 e. The van der Waals surface area contributed by atoms with E-state index in [2.05, 4.69) is 11.4 Å². The second-order valence-electron chi connectivity index (χ2n) is 3.83. The zero-order valence-corrected chi connectivity index (χ0v) is 11.3. The standard InChI is InChI=1S/C15H13FN2S/c1-2-19-15-9-5-8-13(11(15)10-17)18-14-7-4-3-6-12(14)16/h3-9,18H,2H2,1H3. The predicted octanol–water partition coefficient (Wildman–Crippen LogP) is 4.55. The number of para-hydroxylation sites is 1. The lowest BCUT2D eigenvalue weighted by molar-refractivity contribution is 0.632. The summed E-state index contributed by atoms with van der Waals surface area (Å²) in [5, 5.41) is 12.3. The quantitative estimate of drug-likeness (QED) is 0.829. The number of hydrogen-bond donors (Lipinski definition) is 1. The number of thioether (sulfide) groups is 1. The molecule has 0 bridgehead atoms. The van der Waals surface area contributed by atoms with E-state index in [1.807, 2.05) is 19.1 Å². The van der Waals surface area contributed by atoms with Crippen molar-refractivity contribution in [1.29, 1.82) is 5.26 Å². The summed E-state index contributed by atoms with van der Waals surface area (Å²) in [6.45, 7) is 2.03. The van der Waals surface area contributed by atoms with E-state index < -0.39 is 0 Å². The SMILES string of the molecule is CCSc1cccc(Nc2ccccc2F)c1C#N. The highest BCUT2D eigenvalue weighted by molar-refractivity contribution is 7.99. The minimum atomic E-state index is -0.333. The fourth-order valence-corrected chi connectivity index (χ4v) is 2.52. The van der Waals surface area contributed by atoms with Crippen molar-refractivity contribution >= 4 is 23.1 Å². The Labute approximate surface area is 116 Å². The van der Waals surface area contributed by atoms with Crippen molar-refractivity contribution in [1.82, 2.24) is 0 Å². The summed E-state index contributed by atoms with van der Waals surface area (Å²) >= 11 is 1.60. The molecule has 0 radical (unpaired) electrons. The van der Waals surface area contributed by atoms with Gasteiger partial charge in [-0.25, -0.2) is 4.39 Å². The third-order valence-corrected chi connectivity index (χ3v) is 3.52. The van der Waals surface area contributed by atoms with E-state index in [0.29, 0.717) is 16.9 Å². The van der Waals surface area contributed by atoms with E-state index in [4.69, 9.17) is 0 Å². The molecule has 0 saturated heterocycles. The van der Waals surface area contributed by atoms with Crippen LogP contribution < -0.4 is 5.32 Å². The molecule has 2 rings (SSSR count). The number of nitrogens with zero attached hydrogens (tertiary/aromatic N) is 1. The van der Waals surface area contributed by atoms with Crippen molar-refractivity contribution in [2.75, 3.05) is 11.1 Å². The average Bonchev–Trinajstić information content (AvgIpc) is 2.42. The number of anilines is 2. The molecule has 1 N–H and O–H groups in total. The number of hydrogen-bond acceptors (Lipinski definition) is 3. The fourth-order valence-electron chi connectivity index (χ4n) is 1.73. The van der Waals surface area contributed by atoms with Gasteiger partial charge in [-0.2, -0.15) is 5.26 Å². The molecule has 4 heteroatoms. The molecule has 0 aliphatic rings. The lowest BCUT2D eigenvalue weighted by Crippen LogP contribution is -1.97. The number of benzene rings is 2. The lowest BCUT2D eigenvalue weighted by Gasteiger charge is -2.11. The summed E-state index contributed by atoms with van der Waals surface area (Å²) in [5.41, 5.74) is 1.56. The van der Waals surface area contributed by atoms with Crippen LogP contribution in [0.4, 0.5) is 15.8 Å². The molecular formula is C15H13FN2S. The number of halogens is 1. The van der Waals surface area contributed by atoms with Crippen LogP contribution >= 0.6 is 11.8 Å². The van der Waals surface area contributed by atoms with Gasteiger partial charge in [0.2, 0.25) is 0 Å². The van der Waals surface area contributed by atoms with E-state index >= 15 is 0 Å². The summed E-state index contributed by atoms with van der Waals surface area (Å²) < 4.78 is 13.6. The molecule has 19 heavy (non-hydrogen) atoms. The predicted molar refractivity (Wildman–Crippen MR) is 77.2 cm³/mol. The Morgan fingerprint density at radius 1 is 1.16 bits per heavy atom. The maximum absolute atomic E-state index is 13.6. The van der Waals surface area contributed by atoms with Crippen LogP contribution in [-0.2, 0) is 0 Å². The largest absolute Gasteiger partial charge is 0.352 e. The summed E-state index contributed by atoms with van der Waals surface area (Å²) in [6, 6.07) is 14.2. The molecular weight excluding hydrogens is 259 g/mol. The lowest BCUT2D eigenvalue weighted by atomic mass is 10.2. The van der Waals surface area contributed by atoms with Crippen LogP contribution in [0, 0.1) is 17.1 Å². The Bertz CT molecular complexity index is 620. The molecule has 0 heterocycles. The van der Waals surface area contributed by atoms with Crippen molar-refractivity contribution in [3.05, 3.63) is 53.8 Å². The third kappa shape index (κ3) is 3.07. The number of nitriles is 1. The highest BCUT2D eigenvalue weighted by Gasteiger charge is 2.09. The van der Waals surface area contributed by atoms with Crippen molar-refractivity contribution < 1.29 is 4.39 Å². The normalized spacial score (nSPS) is 9.95. The maximum Gasteiger partial charge on any atom is 0.146 e. The molecule has 96 valence electrons. The molecule has 0 atom stereocenters. The van der Waals surface area contributed by atoms with Gasteiger partial charge in [0, 0.05) is 4.90 Å². The van der Waals surface area contributed by atoms with Crippen LogP contribution in [0.2, 0.25) is 0 Å². The van der Waals surface area contributed by atoms with E-state index in [1.54, 1.807) is 36.0 Å². The topological polar surface area (TPSA) is 35.8 Å². The Morgan fingerprint density at radius 3 is 2.58 bits per heavy atom. The maximum atomic E-state index is 13.6. The van der Waals surface area contributed by atoms with Gasteiger partial charge in [-0.15, -0.1) is 11.8 Å². The van der Waals surface area contributed by atoms with Gasteiger partial charge in [-0.05, 0) is 30.0 Å². The molecule has 0 aromatic heterocycles. The monoisotopic (exact) mass is 272 g/mol. The highest BCUT2D eigenvalue weighted by Crippen LogP contribution is 2.30.